The van der Waals surface area contributed by atoms with Crippen LogP contribution >= 0.6 is 0 Å². The second-order valence-corrected chi connectivity index (χ2v) is 16.0. The molecular formula is C41H41N3O6S. The summed E-state index contributed by atoms with van der Waals surface area (Å²) in [5, 5.41) is 5.60. The number of allylic oxidation sites excluding steroid dienone is 2. The van der Waals surface area contributed by atoms with Crippen LogP contribution < -0.4 is 10.6 Å². The van der Waals surface area contributed by atoms with Crippen molar-refractivity contribution in [2.24, 2.45) is 16.7 Å². The Balaban J connectivity index is 1.11. The molecule has 10 heteroatoms. The Hall–Kier alpha value is -5.06. The lowest BCUT2D eigenvalue weighted by Crippen LogP contribution is -2.29. The quantitative estimate of drug-likeness (QED) is 0.119. The maximum absolute atomic E-state index is 14.1. The number of benzene rings is 4. The number of carbonyl (C=O) groups is 2. The molecule has 0 unspecified atom stereocenters. The third-order valence-corrected chi connectivity index (χ3v) is 11.9. The Labute approximate surface area is 297 Å². The van der Waals surface area contributed by atoms with Gasteiger partial charge in [-0.3, -0.25) is 14.1 Å². The maximum Gasteiger partial charge on any atom is 0.266 e. The number of para-hydroxylation sites is 2. The maximum atomic E-state index is 14.1. The topological polar surface area (TPSA) is 139 Å². The van der Waals surface area contributed by atoms with Crippen LogP contribution in [-0.2, 0) is 21.3 Å². The average molecular weight is 704 g/mol. The number of rotatable bonds is 11. The summed E-state index contributed by atoms with van der Waals surface area (Å²) in [4.78, 5) is 31.2. The molecule has 1 aromatic heterocycles. The van der Waals surface area contributed by atoms with E-state index in [-0.39, 0.29) is 23.3 Å². The van der Waals surface area contributed by atoms with Crippen LogP contribution in [0.3, 0.4) is 0 Å². The first-order chi connectivity index (χ1) is 24.3. The predicted molar refractivity (Wildman–Crippen MR) is 199 cm³/mol. The lowest BCUT2D eigenvalue weighted by atomic mass is 9.66. The molecule has 1 fully saturated rings. The van der Waals surface area contributed by atoms with Gasteiger partial charge in [0.05, 0.1) is 11.7 Å². The van der Waals surface area contributed by atoms with E-state index in [4.69, 9.17) is 8.97 Å². The summed E-state index contributed by atoms with van der Waals surface area (Å²) in [6.07, 6.45) is 5.22. The van der Waals surface area contributed by atoms with E-state index >= 15 is 0 Å². The largest absolute Gasteiger partial charge is 0.436 e. The van der Waals surface area contributed by atoms with Crippen molar-refractivity contribution in [2.45, 2.75) is 46.0 Å². The molecule has 5 aromatic rings. The minimum Gasteiger partial charge on any atom is -0.436 e. The molecule has 0 radical (unpaired) electrons. The number of nitrogens with one attached hydrogen (secondary N) is 2. The highest BCUT2D eigenvalue weighted by atomic mass is 32.2. The third kappa shape index (κ3) is 6.86. The van der Waals surface area contributed by atoms with Crippen LogP contribution in [0.25, 0.3) is 28.1 Å². The van der Waals surface area contributed by atoms with Crippen LogP contribution in [0.15, 0.2) is 108 Å². The molecule has 7 rings (SSSR count). The molecule has 1 heterocycles. The highest BCUT2D eigenvalue weighted by Gasteiger charge is 2.57. The molecule has 0 saturated heterocycles. The van der Waals surface area contributed by atoms with E-state index in [0.717, 1.165) is 22.2 Å². The van der Waals surface area contributed by atoms with Gasteiger partial charge in [0.25, 0.3) is 16.0 Å². The fourth-order valence-corrected chi connectivity index (χ4v) is 8.07. The van der Waals surface area contributed by atoms with E-state index in [2.05, 4.69) is 66.7 Å². The highest BCUT2D eigenvalue weighted by molar-refractivity contribution is 7.85. The van der Waals surface area contributed by atoms with Crippen molar-refractivity contribution in [1.82, 2.24) is 10.3 Å². The Morgan fingerprint density at radius 1 is 0.922 bits per heavy atom. The van der Waals surface area contributed by atoms with Gasteiger partial charge in [0, 0.05) is 23.4 Å². The molecule has 51 heavy (non-hydrogen) atoms. The fourth-order valence-electron chi connectivity index (χ4n) is 7.71. The Kier molecular flexibility index (Phi) is 8.93. The normalized spacial score (nSPS) is 19.8. The van der Waals surface area contributed by atoms with Gasteiger partial charge in [-0.05, 0) is 107 Å². The summed E-state index contributed by atoms with van der Waals surface area (Å²) in [5.74, 6) is -0.658. The van der Waals surface area contributed by atoms with Crippen molar-refractivity contribution in [3.63, 3.8) is 0 Å². The van der Waals surface area contributed by atoms with Gasteiger partial charge in [-0.2, -0.15) is 8.42 Å². The van der Waals surface area contributed by atoms with Gasteiger partial charge in [-0.1, -0.05) is 75.4 Å². The first kappa shape index (κ1) is 34.4. The molecular weight excluding hydrogens is 663 g/mol. The molecule has 262 valence electrons. The molecule has 2 amide bonds. The number of oxazole rings is 1. The lowest BCUT2D eigenvalue weighted by Gasteiger charge is -2.37. The molecule has 1 saturated carbocycles. The summed E-state index contributed by atoms with van der Waals surface area (Å²) in [5.41, 5.74) is 7.89. The second kappa shape index (κ2) is 13.2. The van der Waals surface area contributed by atoms with Crippen LogP contribution in [0, 0.1) is 16.7 Å². The first-order valence-corrected chi connectivity index (χ1v) is 18.8. The Morgan fingerprint density at radius 3 is 2.24 bits per heavy atom. The van der Waals surface area contributed by atoms with Crippen LogP contribution in [-0.4, -0.2) is 42.1 Å². The predicted octanol–water partition coefficient (Wildman–Crippen LogP) is 7.92. The van der Waals surface area contributed by atoms with Gasteiger partial charge in [-0.25, -0.2) is 4.98 Å². The smallest absolute Gasteiger partial charge is 0.266 e. The average Bonchev–Trinajstić information content (AvgIpc) is 3.70. The SMILES string of the molecule is CC1(C)[C@H]2C=C(c3ccc([C@H](Cc4ccc(C(=O)NCCS(=O)(=O)O)cc4)C(=O)Nc4ccc(-c5nc6ccccc6o5)cc4)cc3)[C@@]1(C)CC2. The van der Waals surface area contributed by atoms with Crippen LogP contribution in [0.2, 0.25) is 0 Å². The summed E-state index contributed by atoms with van der Waals surface area (Å²) in [6.45, 7) is 6.92. The minimum atomic E-state index is -4.18. The van der Waals surface area contributed by atoms with E-state index in [1.807, 2.05) is 48.5 Å². The lowest BCUT2D eigenvalue weighted by molar-refractivity contribution is -0.117. The molecule has 2 aliphatic rings. The van der Waals surface area contributed by atoms with Crippen molar-refractivity contribution < 1.29 is 27.0 Å². The molecule has 9 nitrogen and oxygen atoms in total. The number of carbonyl (C=O) groups excluding carboxylic acids is 2. The number of nitrogens with zero attached hydrogens (tertiary/aromatic N) is 1. The van der Waals surface area contributed by atoms with Crippen molar-refractivity contribution in [1.29, 1.82) is 0 Å². The van der Waals surface area contributed by atoms with Crippen molar-refractivity contribution in [3.8, 4) is 11.5 Å². The summed E-state index contributed by atoms with van der Waals surface area (Å²) >= 11 is 0. The van der Waals surface area contributed by atoms with Gasteiger partial charge < -0.3 is 15.1 Å². The van der Waals surface area contributed by atoms with Gasteiger partial charge in [0.1, 0.15) is 5.52 Å². The Morgan fingerprint density at radius 2 is 1.61 bits per heavy atom. The second-order valence-electron chi connectivity index (χ2n) is 14.5. The number of hydrogen-bond donors (Lipinski definition) is 3. The van der Waals surface area contributed by atoms with Crippen LogP contribution in [0.4, 0.5) is 5.69 Å². The zero-order valence-corrected chi connectivity index (χ0v) is 29.7. The van der Waals surface area contributed by atoms with Crippen molar-refractivity contribution >= 4 is 44.3 Å². The minimum absolute atomic E-state index is 0.112. The molecule has 3 N–H and O–H groups in total. The summed E-state index contributed by atoms with van der Waals surface area (Å²) in [7, 11) is -4.18. The van der Waals surface area contributed by atoms with Gasteiger partial charge in [0.2, 0.25) is 11.8 Å². The highest BCUT2D eigenvalue weighted by Crippen LogP contribution is 2.67. The fraction of sp³-hybridized carbons (Fsp3) is 0.293. The zero-order valence-electron chi connectivity index (χ0n) is 28.8. The monoisotopic (exact) mass is 703 g/mol. The van der Waals surface area contributed by atoms with E-state index < -0.39 is 27.7 Å². The number of aromatic nitrogens is 1. The number of hydrogen-bond acceptors (Lipinski definition) is 6. The van der Waals surface area contributed by atoms with Crippen LogP contribution in [0.1, 0.15) is 66.6 Å². The van der Waals surface area contributed by atoms with E-state index in [9.17, 15) is 18.0 Å². The summed E-state index contributed by atoms with van der Waals surface area (Å²) < 4.78 is 36.9. The molecule has 0 spiro atoms. The number of anilines is 1. The standard InChI is InChI=1S/C41H41N3O6S/c1-40(2)31-20-21-41(40,3)34(25-31)28-14-12-27(13-15-28)33(24-26-8-10-29(11-9-26)37(45)42-22-23-51(47,48)49)38(46)43-32-18-16-30(17-19-32)39-44-35-6-4-5-7-36(35)50-39/h4-19,25,31,33H,20-24H2,1-3H3,(H,42,45)(H,43,46)(H,47,48,49)/t31-,33+,41-/m1/s1. The summed E-state index contributed by atoms with van der Waals surface area (Å²) in [6, 6.07) is 30.3. The van der Waals surface area contributed by atoms with E-state index in [1.165, 1.54) is 24.0 Å². The van der Waals surface area contributed by atoms with E-state index in [1.54, 1.807) is 24.3 Å². The molecule has 2 aliphatic carbocycles. The number of fused-ring (bicyclic) bond motifs is 3. The van der Waals surface area contributed by atoms with Crippen molar-refractivity contribution in [2.75, 3.05) is 17.6 Å². The van der Waals surface area contributed by atoms with Gasteiger partial charge in [0.15, 0.2) is 5.58 Å². The molecule has 2 bridgehead atoms. The van der Waals surface area contributed by atoms with Crippen molar-refractivity contribution in [3.05, 3.63) is 125 Å². The Bertz CT molecular complexity index is 2210. The molecule has 4 aromatic carbocycles. The zero-order chi connectivity index (χ0) is 36.0. The molecule has 3 atom stereocenters. The van der Waals surface area contributed by atoms with Gasteiger partial charge in [-0.15, -0.1) is 0 Å². The van der Waals surface area contributed by atoms with E-state index in [0.29, 0.717) is 35.1 Å². The third-order valence-electron chi connectivity index (χ3n) is 11.2. The first-order valence-electron chi connectivity index (χ1n) is 17.2. The number of amides is 2. The molecule has 0 aliphatic heterocycles. The van der Waals surface area contributed by atoms with Gasteiger partial charge >= 0.3 is 0 Å². The van der Waals surface area contributed by atoms with Crippen LogP contribution in [0.5, 0.6) is 0 Å².